The van der Waals surface area contributed by atoms with E-state index >= 15 is 0 Å². The molecule has 34 heavy (non-hydrogen) atoms. The van der Waals surface area contributed by atoms with Gasteiger partial charge in [0.05, 0.1) is 17.4 Å². The monoisotopic (exact) mass is 477 g/mol. The lowest BCUT2D eigenvalue weighted by molar-refractivity contribution is -0.141. The van der Waals surface area contributed by atoms with Gasteiger partial charge in [-0.25, -0.2) is 9.37 Å². The minimum atomic E-state index is -4.55. The highest BCUT2D eigenvalue weighted by atomic mass is 19.4. The number of imidazole rings is 1. The van der Waals surface area contributed by atoms with Crippen molar-refractivity contribution in [1.82, 2.24) is 34.1 Å². The first kappa shape index (κ1) is 23.6. The van der Waals surface area contributed by atoms with Crippen molar-refractivity contribution in [3.8, 4) is 11.4 Å². The number of alkyl halides is 3. The fourth-order valence-electron chi connectivity index (χ4n) is 3.99. The second kappa shape index (κ2) is 9.37. The number of carbonyl (C=O) groups excluding carboxylic acids is 1. The molecular weight excluding hydrogens is 454 g/mol. The van der Waals surface area contributed by atoms with Crippen molar-refractivity contribution in [3.05, 3.63) is 42.9 Å². The van der Waals surface area contributed by atoms with Crippen LogP contribution in [0, 0.1) is 0 Å². The summed E-state index contributed by atoms with van der Waals surface area (Å²) in [6.07, 6.45) is 1.65. The van der Waals surface area contributed by atoms with Gasteiger partial charge >= 0.3 is 6.18 Å². The predicted octanol–water partition coefficient (Wildman–Crippen LogP) is 3.68. The van der Waals surface area contributed by atoms with Crippen molar-refractivity contribution in [2.75, 3.05) is 33.2 Å². The quantitative estimate of drug-likeness (QED) is 0.525. The number of amides is 1. The van der Waals surface area contributed by atoms with Crippen LogP contribution in [0.15, 0.2) is 31.4 Å². The highest BCUT2D eigenvalue weighted by molar-refractivity contribution is 5.99. The van der Waals surface area contributed by atoms with Gasteiger partial charge in [0.2, 0.25) is 0 Å². The molecule has 1 aliphatic heterocycles. The molecule has 4 heterocycles. The fraction of sp³-hybridized carbons (Fsp3) is 0.364. The van der Waals surface area contributed by atoms with Gasteiger partial charge in [0.1, 0.15) is 30.1 Å². The maximum Gasteiger partial charge on any atom is 0.408 e. The first-order chi connectivity index (χ1) is 16.2. The Morgan fingerprint density at radius 2 is 1.97 bits per heavy atom. The van der Waals surface area contributed by atoms with Crippen LogP contribution in [-0.4, -0.2) is 79.4 Å². The number of hydrogen-bond donors (Lipinski definition) is 0. The van der Waals surface area contributed by atoms with E-state index in [1.807, 2.05) is 7.05 Å². The van der Waals surface area contributed by atoms with Gasteiger partial charge in [0.25, 0.3) is 5.91 Å². The number of nitrogens with zero attached hydrogens (tertiary/aromatic N) is 7. The number of hydrogen-bond acceptors (Lipinski definition) is 5. The van der Waals surface area contributed by atoms with E-state index in [9.17, 15) is 22.4 Å². The van der Waals surface area contributed by atoms with Gasteiger partial charge in [0, 0.05) is 37.4 Å². The molecule has 0 bridgehead atoms. The maximum atomic E-state index is 13.3. The molecule has 1 saturated heterocycles. The van der Waals surface area contributed by atoms with Crippen LogP contribution >= 0.6 is 0 Å². The fourth-order valence-corrected chi connectivity index (χ4v) is 3.99. The average Bonchev–Trinajstić information content (AvgIpc) is 3.26. The van der Waals surface area contributed by atoms with E-state index in [2.05, 4.69) is 26.5 Å². The van der Waals surface area contributed by atoms with Gasteiger partial charge in [-0.15, -0.1) is 0 Å². The summed E-state index contributed by atoms with van der Waals surface area (Å²) >= 11 is 0. The lowest BCUT2D eigenvalue weighted by Crippen LogP contribution is -2.35. The molecule has 0 radical (unpaired) electrons. The van der Waals surface area contributed by atoms with E-state index in [0.29, 0.717) is 19.6 Å². The Kier molecular flexibility index (Phi) is 6.51. The van der Waals surface area contributed by atoms with Gasteiger partial charge < -0.3 is 9.80 Å². The molecule has 180 valence electrons. The van der Waals surface area contributed by atoms with Crippen LogP contribution < -0.4 is 0 Å². The Balaban J connectivity index is 1.82. The summed E-state index contributed by atoms with van der Waals surface area (Å²) in [4.78, 5) is 25.2. The van der Waals surface area contributed by atoms with Crippen molar-refractivity contribution in [2.45, 2.75) is 19.1 Å². The van der Waals surface area contributed by atoms with Crippen molar-refractivity contribution >= 4 is 29.1 Å². The van der Waals surface area contributed by atoms with Crippen LogP contribution in [0.25, 0.3) is 34.6 Å². The van der Waals surface area contributed by atoms with Crippen molar-refractivity contribution < 1.29 is 22.4 Å². The molecular formula is C22H23F4N7O. The molecule has 1 fully saturated rings. The zero-order valence-electron chi connectivity index (χ0n) is 18.5. The van der Waals surface area contributed by atoms with E-state index in [4.69, 9.17) is 0 Å². The average molecular weight is 477 g/mol. The number of likely N-dealkylation sites (N-methyl/N-ethyl adjacent to an activating group) is 1. The molecule has 0 atom stereocenters. The Morgan fingerprint density at radius 1 is 1.18 bits per heavy atom. The SMILES string of the molecule is C=Cc1ncc(-c2nn(CC(F)(F)F)c3cc(C(=O)N4CCCN(C)CC4)ncc23)n1/C=C/F. The second-order valence-corrected chi connectivity index (χ2v) is 8.01. The second-order valence-electron chi connectivity index (χ2n) is 8.01. The Morgan fingerprint density at radius 3 is 2.68 bits per heavy atom. The Labute approximate surface area is 192 Å². The minimum Gasteiger partial charge on any atom is -0.336 e. The molecule has 0 spiro atoms. The van der Waals surface area contributed by atoms with Crippen LogP contribution in [0.3, 0.4) is 0 Å². The molecule has 1 aliphatic rings. The molecule has 4 rings (SSSR count). The highest BCUT2D eigenvalue weighted by Gasteiger charge is 2.31. The first-order valence-corrected chi connectivity index (χ1v) is 10.6. The molecule has 12 heteroatoms. The number of carbonyl (C=O) groups is 1. The number of aromatic nitrogens is 5. The third-order valence-corrected chi connectivity index (χ3v) is 5.65. The largest absolute Gasteiger partial charge is 0.408 e. The molecule has 0 unspecified atom stereocenters. The Hall–Kier alpha value is -3.54. The lowest BCUT2D eigenvalue weighted by atomic mass is 10.2. The van der Waals surface area contributed by atoms with Crippen molar-refractivity contribution in [2.24, 2.45) is 0 Å². The van der Waals surface area contributed by atoms with Crippen LogP contribution in [0.1, 0.15) is 22.7 Å². The van der Waals surface area contributed by atoms with E-state index in [-0.39, 0.29) is 46.0 Å². The molecule has 3 aromatic rings. The summed E-state index contributed by atoms with van der Waals surface area (Å²) in [6, 6.07) is 1.33. The number of halogens is 4. The predicted molar refractivity (Wildman–Crippen MR) is 119 cm³/mol. The zero-order valence-corrected chi connectivity index (χ0v) is 18.5. The smallest absolute Gasteiger partial charge is 0.336 e. The molecule has 1 amide bonds. The van der Waals surface area contributed by atoms with Gasteiger partial charge in [-0.1, -0.05) is 6.58 Å². The van der Waals surface area contributed by atoms with Crippen LogP contribution in [-0.2, 0) is 6.54 Å². The van der Waals surface area contributed by atoms with E-state index in [1.165, 1.54) is 29.1 Å². The Bertz CT molecular complexity index is 1240. The third-order valence-electron chi connectivity index (χ3n) is 5.65. The normalized spacial score (nSPS) is 15.9. The van der Waals surface area contributed by atoms with E-state index in [0.717, 1.165) is 23.8 Å². The highest BCUT2D eigenvalue weighted by Crippen LogP contribution is 2.31. The summed E-state index contributed by atoms with van der Waals surface area (Å²) in [5, 5.41) is 4.43. The minimum absolute atomic E-state index is 0.0378. The standard InChI is InChI=1S/C22H23F4N7O/c1-3-19-28-13-18(32(19)8-5-23)20-15-12-27-16(11-17(15)33(29-20)14-22(24,25)26)21(34)31-7-4-6-30(2)9-10-31/h3,5,8,11-13H,1,4,6-7,9-10,14H2,2H3/b8-5+. The zero-order chi connectivity index (χ0) is 24.5. The van der Waals surface area contributed by atoms with Gasteiger partial charge in [0.15, 0.2) is 0 Å². The van der Waals surface area contributed by atoms with Gasteiger partial charge in [-0.2, -0.15) is 18.3 Å². The maximum absolute atomic E-state index is 13.3. The summed E-state index contributed by atoms with van der Waals surface area (Å²) in [6.45, 7) is 4.84. The van der Waals surface area contributed by atoms with Crippen LogP contribution in [0.2, 0.25) is 0 Å². The third kappa shape index (κ3) is 4.72. The summed E-state index contributed by atoms with van der Waals surface area (Å²) in [5.41, 5.74) is 0.512. The molecule has 3 aromatic heterocycles. The molecule has 0 aromatic carbocycles. The van der Waals surface area contributed by atoms with Crippen LogP contribution in [0.5, 0.6) is 0 Å². The molecule has 0 N–H and O–H groups in total. The van der Waals surface area contributed by atoms with E-state index in [1.54, 1.807) is 4.90 Å². The number of pyridine rings is 1. The van der Waals surface area contributed by atoms with E-state index < -0.39 is 12.7 Å². The summed E-state index contributed by atoms with van der Waals surface area (Å²) in [5.74, 6) is -0.0637. The molecule has 0 aliphatic carbocycles. The first-order valence-electron chi connectivity index (χ1n) is 10.6. The van der Waals surface area contributed by atoms with Gasteiger partial charge in [-0.3, -0.25) is 19.0 Å². The molecule has 8 nitrogen and oxygen atoms in total. The number of fused-ring (bicyclic) bond motifs is 1. The van der Waals surface area contributed by atoms with Crippen LogP contribution in [0.4, 0.5) is 17.6 Å². The topological polar surface area (TPSA) is 72.1 Å². The summed E-state index contributed by atoms with van der Waals surface area (Å²) < 4.78 is 55.1. The lowest BCUT2D eigenvalue weighted by Gasteiger charge is -2.20. The molecule has 0 saturated carbocycles. The van der Waals surface area contributed by atoms with Crippen molar-refractivity contribution in [3.63, 3.8) is 0 Å². The van der Waals surface area contributed by atoms with Gasteiger partial charge in [-0.05, 0) is 32.2 Å². The van der Waals surface area contributed by atoms with Crippen molar-refractivity contribution in [1.29, 1.82) is 0 Å². The summed E-state index contributed by atoms with van der Waals surface area (Å²) in [7, 11) is 1.97. The number of rotatable bonds is 5.